The Balaban J connectivity index is 3.11. The van der Waals surface area contributed by atoms with Gasteiger partial charge in [-0.05, 0) is 6.42 Å². The molecule has 0 rings (SSSR count). The van der Waals surface area contributed by atoms with E-state index in [1.165, 1.54) is 6.42 Å². The number of hydrogen-bond acceptors (Lipinski definition) is 3. The normalized spacial score (nSPS) is 10.3. The molecule has 0 bridgehead atoms. The van der Waals surface area contributed by atoms with Gasteiger partial charge in [0.2, 0.25) is 0 Å². The molecule has 0 aliphatic carbocycles. The third kappa shape index (κ3) is 7.97. The van der Waals surface area contributed by atoms with Crippen LogP contribution >= 0.6 is 0 Å². The van der Waals surface area contributed by atoms with Crippen molar-refractivity contribution in [1.29, 1.82) is 5.26 Å². The van der Waals surface area contributed by atoms with Gasteiger partial charge in [-0.25, -0.2) is 0 Å². The van der Waals surface area contributed by atoms with Crippen LogP contribution in [0, 0.1) is 11.3 Å². The van der Waals surface area contributed by atoms with Crippen molar-refractivity contribution in [2.45, 2.75) is 37.6 Å². The van der Waals surface area contributed by atoms with Gasteiger partial charge in [0.05, 0.1) is 6.07 Å². The SMILES string of the molecule is COC(OC)[Si]CCCCCC#N. The Bertz CT molecular complexity index is 143. The summed E-state index contributed by atoms with van der Waals surface area (Å²) in [5.41, 5.74) is 0. The molecule has 0 N–H and O–H groups in total. The lowest BCUT2D eigenvalue weighted by Crippen LogP contribution is -2.20. The third-order valence-electron chi connectivity index (χ3n) is 1.70. The van der Waals surface area contributed by atoms with Gasteiger partial charge in [0.25, 0.3) is 0 Å². The van der Waals surface area contributed by atoms with Crippen molar-refractivity contribution in [3.05, 3.63) is 0 Å². The fourth-order valence-corrected chi connectivity index (χ4v) is 2.01. The fraction of sp³-hybridized carbons (Fsp3) is 0.889. The zero-order chi connectivity index (χ0) is 9.94. The van der Waals surface area contributed by atoms with Crippen molar-refractivity contribution in [2.75, 3.05) is 14.2 Å². The number of methoxy groups -OCH3 is 2. The van der Waals surface area contributed by atoms with Crippen molar-refractivity contribution in [2.24, 2.45) is 0 Å². The molecule has 0 amide bonds. The Labute approximate surface area is 82.9 Å². The lowest BCUT2D eigenvalue weighted by molar-refractivity contribution is -0.0441. The molecule has 0 aliphatic heterocycles. The molecule has 0 atom stereocenters. The molecule has 0 saturated carbocycles. The third-order valence-corrected chi connectivity index (χ3v) is 3.15. The molecule has 0 aliphatic rings. The Morgan fingerprint density at radius 3 is 2.46 bits per heavy atom. The summed E-state index contributed by atoms with van der Waals surface area (Å²) in [6, 6.07) is 3.28. The summed E-state index contributed by atoms with van der Waals surface area (Å²) in [6.45, 7) is 0. The Morgan fingerprint density at radius 1 is 1.23 bits per heavy atom. The topological polar surface area (TPSA) is 42.2 Å². The van der Waals surface area contributed by atoms with E-state index in [0.29, 0.717) is 15.9 Å². The monoisotopic (exact) mass is 199 g/mol. The van der Waals surface area contributed by atoms with Crippen LogP contribution in [-0.4, -0.2) is 29.7 Å². The van der Waals surface area contributed by atoms with Crippen molar-refractivity contribution in [3.63, 3.8) is 0 Å². The molecule has 13 heavy (non-hydrogen) atoms. The molecule has 0 heterocycles. The number of hydrogen-bond donors (Lipinski definition) is 0. The van der Waals surface area contributed by atoms with E-state index in [-0.39, 0.29) is 5.91 Å². The smallest absolute Gasteiger partial charge is 0.136 e. The molecule has 0 aromatic heterocycles. The zero-order valence-corrected chi connectivity index (χ0v) is 9.38. The molecule has 2 radical (unpaired) electrons. The first-order chi connectivity index (χ1) is 6.35. The maximum Gasteiger partial charge on any atom is 0.136 e. The molecule has 0 saturated heterocycles. The van der Waals surface area contributed by atoms with Crippen LogP contribution in [0.25, 0.3) is 0 Å². The average molecular weight is 199 g/mol. The number of rotatable bonds is 8. The minimum atomic E-state index is -0.0315. The molecule has 0 fully saturated rings. The van der Waals surface area contributed by atoms with E-state index in [9.17, 15) is 0 Å². The number of ether oxygens (including phenoxy) is 2. The first-order valence-electron chi connectivity index (χ1n) is 4.51. The average Bonchev–Trinajstić information content (AvgIpc) is 2.17. The summed E-state index contributed by atoms with van der Waals surface area (Å²) in [5, 5.41) is 8.30. The van der Waals surface area contributed by atoms with Crippen LogP contribution in [0.2, 0.25) is 6.04 Å². The molecule has 0 unspecified atom stereocenters. The van der Waals surface area contributed by atoms with Gasteiger partial charge in [0.1, 0.15) is 15.4 Å². The van der Waals surface area contributed by atoms with Crippen LogP contribution in [0.15, 0.2) is 0 Å². The van der Waals surface area contributed by atoms with E-state index < -0.39 is 0 Å². The highest BCUT2D eigenvalue weighted by Gasteiger charge is 2.04. The van der Waals surface area contributed by atoms with E-state index in [1.807, 2.05) is 0 Å². The largest absolute Gasteiger partial charge is 0.360 e. The van der Waals surface area contributed by atoms with E-state index in [0.717, 1.165) is 18.9 Å². The van der Waals surface area contributed by atoms with Gasteiger partial charge in [-0.1, -0.05) is 18.9 Å². The Kier molecular flexibility index (Phi) is 9.43. The lowest BCUT2D eigenvalue weighted by Gasteiger charge is -2.11. The van der Waals surface area contributed by atoms with Gasteiger partial charge >= 0.3 is 0 Å². The molecular formula is C9H17NO2Si. The first-order valence-corrected chi connectivity index (χ1v) is 5.79. The standard InChI is InChI=1S/C9H17NO2Si/c1-11-9(12-2)13-8-6-4-3-5-7-10/h9H,3-6,8H2,1-2H3. The van der Waals surface area contributed by atoms with Crippen molar-refractivity contribution >= 4 is 9.52 Å². The highest BCUT2D eigenvalue weighted by Crippen LogP contribution is 2.04. The van der Waals surface area contributed by atoms with Gasteiger partial charge in [-0.3, -0.25) is 0 Å². The summed E-state index contributed by atoms with van der Waals surface area (Å²) in [5.74, 6) is -0.0315. The zero-order valence-electron chi connectivity index (χ0n) is 8.38. The van der Waals surface area contributed by atoms with Crippen molar-refractivity contribution in [1.82, 2.24) is 0 Å². The van der Waals surface area contributed by atoms with Crippen LogP contribution in [0.1, 0.15) is 25.7 Å². The summed E-state index contributed by atoms with van der Waals surface area (Å²) in [4.78, 5) is 0. The van der Waals surface area contributed by atoms with Crippen LogP contribution in [-0.2, 0) is 9.47 Å². The second kappa shape index (κ2) is 9.71. The quantitative estimate of drug-likeness (QED) is 0.340. The summed E-state index contributed by atoms with van der Waals surface area (Å²) in [6.07, 6.45) is 4.01. The molecule has 74 valence electrons. The minimum absolute atomic E-state index is 0.0315. The van der Waals surface area contributed by atoms with Gasteiger partial charge in [0.15, 0.2) is 0 Å². The number of nitriles is 1. The molecular weight excluding hydrogens is 182 g/mol. The van der Waals surface area contributed by atoms with Crippen molar-refractivity contribution < 1.29 is 9.47 Å². The van der Waals surface area contributed by atoms with E-state index >= 15 is 0 Å². The highest BCUT2D eigenvalue weighted by molar-refractivity contribution is 6.36. The number of nitrogens with zero attached hydrogens (tertiary/aromatic N) is 1. The van der Waals surface area contributed by atoms with Crippen LogP contribution in [0.4, 0.5) is 0 Å². The minimum Gasteiger partial charge on any atom is -0.360 e. The summed E-state index contributed by atoms with van der Waals surface area (Å²) < 4.78 is 10.1. The van der Waals surface area contributed by atoms with E-state index in [2.05, 4.69) is 6.07 Å². The van der Waals surface area contributed by atoms with E-state index in [1.54, 1.807) is 14.2 Å². The van der Waals surface area contributed by atoms with E-state index in [4.69, 9.17) is 14.7 Å². The molecule has 3 nitrogen and oxygen atoms in total. The molecule has 0 aromatic rings. The van der Waals surface area contributed by atoms with Crippen LogP contribution in [0.3, 0.4) is 0 Å². The Hall–Kier alpha value is -0.373. The predicted molar refractivity (Wildman–Crippen MR) is 52.4 cm³/mol. The van der Waals surface area contributed by atoms with Gasteiger partial charge < -0.3 is 9.47 Å². The molecule has 0 aromatic carbocycles. The Morgan fingerprint density at radius 2 is 1.92 bits per heavy atom. The molecule has 4 heteroatoms. The maximum atomic E-state index is 8.30. The summed E-state index contributed by atoms with van der Waals surface area (Å²) in [7, 11) is 4.04. The number of unbranched alkanes of at least 4 members (excludes halogenated alkanes) is 3. The first kappa shape index (κ1) is 12.6. The van der Waals surface area contributed by atoms with Gasteiger partial charge in [-0.2, -0.15) is 5.26 Å². The highest BCUT2D eigenvalue weighted by atomic mass is 28.2. The maximum absolute atomic E-state index is 8.30. The summed E-state index contributed by atoms with van der Waals surface area (Å²) >= 11 is 0. The van der Waals surface area contributed by atoms with Gasteiger partial charge in [-0.15, -0.1) is 0 Å². The lowest BCUT2D eigenvalue weighted by atomic mass is 10.2. The second-order valence-electron chi connectivity index (χ2n) is 2.73. The fourth-order valence-electron chi connectivity index (χ4n) is 0.989. The van der Waals surface area contributed by atoms with Gasteiger partial charge in [0, 0.05) is 20.6 Å². The molecule has 0 spiro atoms. The van der Waals surface area contributed by atoms with Crippen molar-refractivity contribution in [3.8, 4) is 6.07 Å². The predicted octanol–water partition coefficient (Wildman–Crippen LogP) is 1.77. The van der Waals surface area contributed by atoms with Crippen LogP contribution < -0.4 is 0 Å². The second-order valence-corrected chi connectivity index (χ2v) is 4.11. The van der Waals surface area contributed by atoms with Crippen LogP contribution in [0.5, 0.6) is 0 Å².